The van der Waals surface area contributed by atoms with Crippen molar-refractivity contribution in [3.63, 3.8) is 0 Å². The normalized spacial score (nSPS) is 11.2. The van der Waals surface area contributed by atoms with E-state index in [1.807, 2.05) is 43.0 Å². The van der Waals surface area contributed by atoms with Gasteiger partial charge in [0.1, 0.15) is 11.2 Å². The highest BCUT2D eigenvalue weighted by molar-refractivity contribution is 7.99. The van der Waals surface area contributed by atoms with Crippen molar-refractivity contribution in [1.29, 1.82) is 0 Å². The molecule has 0 spiro atoms. The lowest BCUT2D eigenvalue weighted by atomic mass is 10.2. The molecule has 0 aliphatic carbocycles. The highest BCUT2D eigenvalue weighted by atomic mass is 32.2. The summed E-state index contributed by atoms with van der Waals surface area (Å²) in [5.41, 5.74) is 3.22. The summed E-state index contributed by atoms with van der Waals surface area (Å²) in [6, 6.07) is 3.92. The minimum absolute atomic E-state index is 0.0997. The molecule has 11 heteroatoms. The molecule has 4 aromatic heterocycles. The molecule has 4 heterocycles. The molecule has 28 heavy (non-hydrogen) atoms. The lowest BCUT2D eigenvalue weighted by Crippen LogP contribution is -2.34. The Labute approximate surface area is 172 Å². The molecule has 144 valence electrons. The molecule has 0 radical (unpaired) electrons. The topological polar surface area (TPSA) is 94.7 Å². The molecule has 8 nitrogen and oxygen atoms in total. The number of hydrogen-bond donors (Lipinski definition) is 1. The maximum atomic E-state index is 12.6. The van der Waals surface area contributed by atoms with Crippen LogP contribution in [0.2, 0.25) is 0 Å². The molecular formula is C17H16N6O2S3. The summed E-state index contributed by atoms with van der Waals surface area (Å²) >= 11 is 4.31. The molecule has 4 aromatic rings. The van der Waals surface area contributed by atoms with Crippen molar-refractivity contribution in [3.8, 4) is 10.7 Å². The summed E-state index contributed by atoms with van der Waals surface area (Å²) in [5, 5.41) is 11.5. The number of nitrogens with one attached hydrogen (secondary N) is 1. The van der Waals surface area contributed by atoms with Crippen molar-refractivity contribution in [2.24, 2.45) is 7.05 Å². The fourth-order valence-electron chi connectivity index (χ4n) is 2.67. The average molecular weight is 433 g/mol. The monoisotopic (exact) mass is 432 g/mol. The second-order valence-electron chi connectivity index (χ2n) is 6.05. The van der Waals surface area contributed by atoms with E-state index in [4.69, 9.17) is 0 Å². The Morgan fingerprint density at radius 1 is 1.32 bits per heavy atom. The molecule has 1 amide bonds. The number of fused-ring (bicyclic) bond motifs is 1. The van der Waals surface area contributed by atoms with Crippen molar-refractivity contribution in [2.45, 2.75) is 19.0 Å². The smallest absolute Gasteiger partial charge is 0.281 e. The van der Waals surface area contributed by atoms with Crippen molar-refractivity contribution in [3.05, 3.63) is 44.6 Å². The van der Waals surface area contributed by atoms with E-state index < -0.39 is 0 Å². The third-order valence-corrected chi connectivity index (χ3v) is 7.25. The van der Waals surface area contributed by atoms with Crippen LogP contribution in [0.5, 0.6) is 0 Å². The van der Waals surface area contributed by atoms with Gasteiger partial charge in [0.2, 0.25) is 5.91 Å². The number of rotatable bonds is 5. The first-order chi connectivity index (χ1) is 13.5. The van der Waals surface area contributed by atoms with Gasteiger partial charge in [-0.2, -0.15) is 0 Å². The van der Waals surface area contributed by atoms with E-state index in [-0.39, 0.29) is 17.2 Å². The Morgan fingerprint density at radius 3 is 2.89 bits per heavy atom. The van der Waals surface area contributed by atoms with Crippen LogP contribution in [-0.4, -0.2) is 36.1 Å². The summed E-state index contributed by atoms with van der Waals surface area (Å²) in [4.78, 5) is 32.0. The summed E-state index contributed by atoms with van der Waals surface area (Å²) in [6.45, 7) is 3.84. The Morgan fingerprint density at radius 2 is 2.14 bits per heavy atom. The van der Waals surface area contributed by atoms with E-state index in [0.29, 0.717) is 15.4 Å². The highest BCUT2D eigenvalue weighted by Crippen LogP contribution is 2.26. The maximum absolute atomic E-state index is 12.6. The van der Waals surface area contributed by atoms with Crippen molar-refractivity contribution in [2.75, 3.05) is 11.2 Å². The van der Waals surface area contributed by atoms with E-state index in [0.717, 1.165) is 25.8 Å². The number of thiophene rings is 2. The van der Waals surface area contributed by atoms with Gasteiger partial charge in [-0.1, -0.05) is 17.8 Å². The molecule has 0 unspecified atom stereocenters. The highest BCUT2D eigenvalue weighted by Gasteiger charge is 2.16. The zero-order valence-electron chi connectivity index (χ0n) is 15.3. The second-order valence-corrected chi connectivity index (χ2v) is 9.14. The molecule has 0 fully saturated rings. The number of aromatic nitrogens is 5. The van der Waals surface area contributed by atoms with Gasteiger partial charge in [0.05, 0.1) is 16.0 Å². The van der Waals surface area contributed by atoms with Crippen LogP contribution in [0.1, 0.15) is 10.4 Å². The van der Waals surface area contributed by atoms with Gasteiger partial charge in [-0.15, -0.1) is 32.9 Å². The van der Waals surface area contributed by atoms with Crippen LogP contribution < -0.4 is 11.0 Å². The molecule has 4 rings (SSSR count). The predicted octanol–water partition coefficient (Wildman–Crippen LogP) is 2.79. The minimum atomic E-state index is -0.321. The van der Waals surface area contributed by atoms with E-state index in [2.05, 4.69) is 20.6 Å². The predicted molar refractivity (Wildman–Crippen MR) is 113 cm³/mol. The van der Waals surface area contributed by atoms with Crippen LogP contribution in [0, 0.1) is 13.8 Å². The third kappa shape index (κ3) is 3.36. The molecule has 0 aliphatic rings. The van der Waals surface area contributed by atoms with Crippen LogP contribution >= 0.6 is 34.4 Å². The first-order valence-corrected chi connectivity index (χ1v) is 11.0. The van der Waals surface area contributed by atoms with Crippen LogP contribution in [0.3, 0.4) is 0 Å². The Balaban J connectivity index is 1.47. The molecule has 0 atom stereocenters. The van der Waals surface area contributed by atoms with Gasteiger partial charge in [-0.3, -0.25) is 15.0 Å². The first kappa shape index (κ1) is 18.8. The third-order valence-electron chi connectivity index (χ3n) is 4.24. The van der Waals surface area contributed by atoms with Crippen molar-refractivity contribution < 1.29 is 4.79 Å². The fraction of sp³-hybridized carbons (Fsp3) is 0.235. The van der Waals surface area contributed by atoms with Crippen molar-refractivity contribution in [1.82, 2.24) is 24.4 Å². The zero-order chi connectivity index (χ0) is 19.8. The zero-order valence-corrected chi connectivity index (χ0v) is 17.7. The maximum Gasteiger partial charge on any atom is 0.281 e. The number of aryl methyl sites for hydroxylation is 2. The van der Waals surface area contributed by atoms with E-state index >= 15 is 0 Å². The molecule has 0 saturated carbocycles. The Hall–Kier alpha value is -2.50. The number of amides is 1. The number of carbonyl (C=O) groups is 1. The van der Waals surface area contributed by atoms with E-state index in [1.165, 1.54) is 29.4 Å². The average Bonchev–Trinajstić information content (AvgIpc) is 3.37. The molecule has 0 bridgehead atoms. The number of hydrogen-bond acceptors (Lipinski definition) is 8. The quantitative estimate of drug-likeness (QED) is 0.487. The SMILES string of the molecule is Cc1sc2ncn(NC(=O)CSc3nnc(-c4cccs4)n3C)c(=O)c2c1C. The Bertz CT molecular complexity index is 1220. The summed E-state index contributed by atoms with van der Waals surface area (Å²) < 4.78 is 2.99. The number of nitrogens with zero attached hydrogens (tertiary/aromatic N) is 5. The van der Waals surface area contributed by atoms with Gasteiger partial charge in [-0.25, -0.2) is 9.66 Å². The molecule has 1 N–H and O–H groups in total. The van der Waals surface area contributed by atoms with Gasteiger partial charge < -0.3 is 4.57 Å². The van der Waals surface area contributed by atoms with Crippen LogP contribution in [0.4, 0.5) is 0 Å². The van der Waals surface area contributed by atoms with Crippen molar-refractivity contribution >= 4 is 50.6 Å². The summed E-state index contributed by atoms with van der Waals surface area (Å²) in [6.07, 6.45) is 1.35. The lowest BCUT2D eigenvalue weighted by Gasteiger charge is -2.07. The van der Waals surface area contributed by atoms with Gasteiger partial charge in [-0.05, 0) is 30.9 Å². The summed E-state index contributed by atoms with van der Waals surface area (Å²) in [5.74, 6) is 0.535. The van der Waals surface area contributed by atoms with Crippen LogP contribution in [-0.2, 0) is 11.8 Å². The molecule has 0 aliphatic heterocycles. The largest absolute Gasteiger partial charge is 0.304 e. The number of thioether (sulfide) groups is 1. The Kier molecular flexibility index (Phi) is 5.04. The first-order valence-electron chi connectivity index (χ1n) is 8.29. The lowest BCUT2D eigenvalue weighted by molar-refractivity contribution is -0.114. The molecule has 0 saturated heterocycles. The second kappa shape index (κ2) is 7.49. The molecule has 0 aromatic carbocycles. The van der Waals surface area contributed by atoms with Gasteiger partial charge in [0.15, 0.2) is 11.0 Å². The van der Waals surface area contributed by atoms with Gasteiger partial charge >= 0.3 is 0 Å². The minimum Gasteiger partial charge on any atom is -0.304 e. The standard InChI is InChI=1S/C17H16N6O2S3/c1-9-10(2)28-15-13(9)16(25)23(8-18-15)21-12(24)7-27-17-20-19-14(22(17)3)11-5-4-6-26-11/h4-6,8H,7H2,1-3H3,(H,21,24). The summed E-state index contributed by atoms with van der Waals surface area (Å²) in [7, 11) is 1.86. The fourth-order valence-corrected chi connectivity index (χ4v) is 5.11. The molecular weight excluding hydrogens is 416 g/mol. The van der Waals surface area contributed by atoms with E-state index in [1.54, 1.807) is 11.3 Å². The van der Waals surface area contributed by atoms with Gasteiger partial charge in [0, 0.05) is 11.9 Å². The van der Waals surface area contributed by atoms with Gasteiger partial charge in [0.25, 0.3) is 5.56 Å². The number of carbonyl (C=O) groups excluding carboxylic acids is 1. The van der Waals surface area contributed by atoms with Crippen LogP contribution in [0.25, 0.3) is 20.9 Å². The van der Waals surface area contributed by atoms with E-state index in [9.17, 15) is 9.59 Å². The van der Waals surface area contributed by atoms with Crippen LogP contribution in [0.15, 0.2) is 33.8 Å².